The predicted molar refractivity (Wildman–Crippen MR) is 70.7 cm³/mol. The van der Waals surface area contributed by atoms with Gasteiger partial charge >= 0.3 is 0 Å². The lowest BCUT2D eigenvalue weighted by Gasteiger charge is -2.13. The van der Waals surface area contributed by atoms with Gasteiger partial charge in [0.25, 0.3) is 0 Å². The minimum absolute atomic E-state index is 0.331. The minimum atomic E-state index is -0.331. The van der Waals surface area contributed by atoms with E-state index in [1.165, 1.54) is 11.5 Å². The van der Waals surface area contributed by atoms with Crippen LogP contribution < -0.4 is 10.5 Å². The van der Waals surface area contributed by atoms with Crippen LogP contribution in [-0.2, 0) is 6.42 Å². The number of hydrogen-bond acceptors (Lipinski definition) is 6. The molecule has 0 saturated carbocycles. The summed E-state index contributed by atoms with van der Waals surface area (Å²) in [7, 11) is 1.62. The Bertz CT molecular complexity index is 514. The molecule has 96 valence electrons. The zero-order valence-corrected chi connectivity index (χ0v) is 11.3. The number of rotatable bonds is 5. The van der Waals surface area contributed by atoms with E-state index in [4.69, 9.17) is 10.5 Å². The maximum Gasteiger partial charge on any atom is 0.142 e. The summed E-state index contributed by atoms with van der Waals surface area (Å²) in [4.78, 5) is 5.27. The van der Waals surface area contributed by atoms with Crippen molar-refractivity contribution in [2.45, 2.75) is 25.8 Å². The Hall–Kier alpha value is -1.53. The van der Waals surface area contributed by atoms with Gasteiger partial charge < -0.3 is 10.5 Å². The molecule has 0 saturated heterocycles. The first-order valence-corrected chi connectivity index (χ1v) is 6.60. The topological polar surface area (TPSA) is 73.9 Å². The molecule has 1 unspecified atom stereocenters. The molecule has 2 aromatic heterocycles. The van der Waals surface area contributed by atoms with Gasteiger partial charge in [-0.15, -0.1) is 5.10 Å². The maximum atomic E-state index is 6.26. The van der Waals surface area contributed by atoms with Crippen molar-refractivity contribution in [3.05, 3.63) is 34.6 Å². The van der Waals surface area contributed by atoms with Gasteiger partial charge in [0.15, 0.2) is 0 Å². The number of aryl methyl sites for hydroxylation is 1. The highest BCUT2D eigenvalue weighted by atomic mass is 32.1. The fourth-order valence-electron chi connectivity index (χ4n) is 1.80. The fourth-order valence-corrected chi connectivity index (χ4v) is 2.50. The van der Waals surface area contributed by atoms with Crippen LogP contribution in [0.15, 0.2) is 18.3 Å². The Labute approximate surface area is 110 Å². The monoisotopic (exact) mass is 264 g/mol. The Morgan fingerprint density at radius 3 is 3.06 bits per heavy atom. The van der Waals surface area contributed by atoms with Gasteiger partial charge in [-0.1, -0.05) is 17.8 Å². The van der Waals surface area contributed by atoms with E-state index in [0.29, 0.717) is 5.75 Å². The number of hydrogen-bond donors (Lipinski definition) is 1. The number of pyridine rings is 1. The van der Waals surface area contributed by atoms with Gasteiger partial charge in [-0.2, -0.15) is 0 Å². The molecule has 5 nitrogen and oxygen atoms in total. The van der Waals surface area contributed by atoms with Crippen molar-refractivity contribution >= 4 is 11.5 Å². The predicted octanol–water partition coefficient (Wildman–Crippen LogP) is 1.94. The van der Waals surface area contributed by atoms with E-state index in [1.807, 2.05) is 12.1 Å². The summed E-state index contributed by atoms with van der Waals surface area (Å²) in [5, 5.41) is 4.13. The van der Waals surface area contributed by atoms with Gasteiger partial charge in [0.2, 0.25) is 0 Å². The molecule has 0 amide bonds. The average Bonchev–Trinajstić information content (AvgIpc) is 2.86. The van der Waals surface area contributed by atoms with Crippen LogP contribution in [0.25, 0.3) is 0 Å². The molecule has 2 aromatic rings. The number of ether oxygens (including phenoxy) is 1. The van der Waals surface area contributed by atoms with Crippen molar-refractivity contribution < 1.29 is 4.74 Å². The van der Waals surface area contributed by atoms with Crippen LogP contribution >= 0.6 is 11.5 Å². The molecule has 0 spiro atoms. The first kappa shape index (κ1) is 12.9. The Morgan fingerprint density at radius 1 is 1.50 bits per heavy atom. The smallest absolute Gasteiger partial charge is 0.142 e. The molecule has 0 aliphatic heterocycles. The van der Waals surface area contributed by atoms with Crippen LogP contribution in [0.5, 0.6) is 5.75 Å². The summed E-state index contributed by atoms with van der Waals surface area (Å²) in [5.74, 6) is 0.695. The molecule has 0 aromatic carbocycles. The van der Waals surface area contributed by atoms with Crippen molar-refractivity contribution in [3.63, 3.8) is 0 Å². The Kier molecular flexibility index (Phi) is 4.22. The summed E-state index contributed by atoms with van der Waals surface area (Å²) in [6.45, 7) is 2.11. The van der Waals surface area contributed by atoms with E-state index < -0.39 is 0 Å². The molecule has 0 bridgehead atoms. The number of methoxy groups -OCH3 is 1. The van der Waals surface area contributed by atoms with Gasteiger partial charge in [-0.25, -0.2) is 0 Å². The zero-order valence-electron chi connectivity index (χ0n) is 10.5. The second-order valence-electron chi connectivity index (χ2n) is 3.90. The second-order valence-corrected chi connectivity index (χ2v) is 4.69. The van der Waals surface area contributed by atoms with Gasteiger partial charge in [0.05, 0.1) is 23.7 Å². The standard InChI is InChI=1S/C12H16N4OS/c1-3-5-8-12(18-16-15-8)10(13)11-9(17-2)6-4-7-14-11/h4,6-7,10H,3,5,13H2,1-2H3. The fraction of sp³-hybridized carbons (Fsp3) is 0.417. The molecule has 2 rings (SSSR count). The molecule has 18 heavy (non-hydrogen) atoms. The largest absolute Gasteiger partial charge is 0.495 e. The first-order valence-electron chi connectivity index (χ1n) is 5.83. The lowest BCUT2D eigenvalue weighted by atomic mass is 10.1. The van der Waals surface area contributed by atoms with Crippen LogP contribution in [0, 0.1) is 0 Å². The lowest BCUT2D eigenvalue weighted by Crippen LogP contribution is -2.15. The molecular weight excluding hydrogens is 248 g/mol. The minimum Gasteiger partial charge on any atom is -0.495 e. The van der Waals surface area contributed by atoms with Crippen LogP contribution in [0.4, 0.5) is 0 Å². The van der Waals surface area contributed by atoms with E-state index >= 15 is 0 Å². The van der Waals surface area contributed by atoms with E-state index in [2.05, 4.69) is 21.5 Å². The quantitative estimate of drug-likeness (QED) is 0.893. The van der Waals surface area contributed by atoms with E-state index in [0.717, 1.165) is 29.1 Å². The molecule has 0 radical (unpaired) electrons. The third kappa shape index (κ3) is 2.49. The highest BCUT2D eigenvalue weighted by Crippen LogP contribution is 2.29. The van der Waals surface area contributed by atoms with Crippen LogP contribution in [0.2, 0.25) is 0 Å². The van der Waals surface area contributed by atoms with Gasteiger partial charge in [-0.3, -0.25) is 4.98 Å². The van der Waals surface area contributed by atoms with Crippen molar-refractivity contribution in [1.29, 1.82) is 0 Å². The average molecular weight is 264 g/mol. The Balaban J connectivity index is 2.35. The summed E-state index contributed by atoms with van der Waals surface area (Å²) >= 11 is 1.33. The van der Waals surface area contributed by atoms with Crippen molar-refractivity contribution in [2.75, 3.05) is 7.11 Å². The summed E-state index contributed by atoms with van der Waals surface area (Å²) < 4.78 is 9.27. The molecule has 0 aliphatic carbocycles. The molecule has 2 N–H and O–H groups in total. The SMILES string of the molecule is CCCc1nnsc1C(N)c1ncccc1OC. The van der Waals surface area contributed by atoms with Crippen LogP contribution in [0.3, 0.4) is 0 Å². The molecule has 1 atom stereocenters. The van der Waals surface area contributed by atoms with E-state index in [-0.39, 0.29) is 6.04 Å². The van der Waals surface area contributed by atoms with E-state index in [1.54, 1.807) is 13.3 Å². The van der Waals surface area contributed by atoms with Crippen molar-refractivity contribution in [1.82, 2.24) is 14.6 Å². The summed E-state index contributed by atoms with van der Waals surface area (Å²) in [6.07, 6.45) is 3.62. The van der Waals surface area contributed by atoms with Crippen molar-refractivity contribution in [3.8, 4) is 5.75 Å². The highest BCUT2D eigenvalue weighted by Gasteiger charge is 2.21. The third-order valence-corrected chi connectivity index (χ3v) is 3.52. The molecular formula is C12H16N4OS. The molecule has 0 fully saturated rings. The third-order valence-electron chi connectivity index (χ3n) is 2.67. The first-order chi connectivity index (χ1) is 8.77. The maximum absolute atomic E-state index is 6.26. The second kappa shape index (κ2) is 5.88. The van der Waals surface area contributed by atoms with Crippen molar-refractivity contribution in [2.24, 2.45) is 5.73 Å². The van der Waals surface area contributed by atoms with Gasteiger partial charge in [-0.05, 0) is 30.1 Å². The molecule has 2 heterocycles. The summed E-state index contributed by atoms with van der Waals surface area (Å²) in [5.41, 5.74) is 7.94. The van der Waals surface area contributed by atoms with E-state index in [9.17, 15) is 0 Å². The highest BCUT2D eigenvalue weighted by molar-refractivity contribution is 7.05. The van der Waals surface area contributed by atoms with Gasteiger partial charge in [0, 0.05) is 6.20 Å². The zero-order chi connectivity index (χ0) is 13.0. The Morgan fingerprint density at radius 2 is 2.33 bits per heavy atom. The molecule has 6 heteroatoms. The number of nitrogens with zero attached hydrogens (tertiary/aromatic N) is 3. The lowest BCUT2D eigenvalue weighted by molar-refractivity contribution is 0.404. The number of nitrogens with two attached hydrogens (primary N) is 1. The summed E-state index contributed by atoms with van der Waals surface area (Å²) in [6, 6.07) is 3.35. The normalized spacial score (nSPS) is 12.4. The van der Waals surface area contributed by atoms with Crippen LogP contribution in [0.1, 0.15) is 35.7 Å². The van der Waals surface area contributed by atoms with Gasteiger partial charge in [0.1, 0.15) is 11.4 Å². The van der Waals surface area contributed by atoms with Crippen LogP contribution in [-0.4, -0.2) is 21.7 Å². The number of aromatic nitrogens is 3. The molecule has 0 aliphatic rings.